The third-order valence-corrected chi connectivity index (χ3v) is 14.9. The van der Waals surface area contributed by atoms with Crippen LogP contribution in [0.25, 0.3) is 0 Å². The Hall–Kier alpha value is -3.47. The van der Waals surface area contributed by atoms with Crippen LogP contribution < -0.4 is 5.32 Å². The Morgan fingerprint density at radius 3 is 0.886 bits per heavy atom. The van der Waals surface area contributed by atoms with Gasteiger partial charge in [0.1, 0.15) is 0 Å². The summed E-state index contributed by atoms with van der Waals surface area (Å²) in [5.74, 6) is -0.0792. The van der Waals surface area contributed by atoms with Crippen molar-refractivity contribution in [2.75, 3.05) is 6.61 Å². The molecule has 4 nitrogen and oxygen atoms in total. The molecule has 2 unspecified atom stereocenters. The highest BCUT2D eigenvalue weighted by atomic mass is 16.3. The summed E-state index contributed by atoms with van der Waals surface area (Å²) in [6.07, 6.45) is 107. The number of amides is 1. The van der Waals surface area contributed by atoms with Gasteiger partial charge in [-0.05, 0) is 103 Å². The number of aliphatic hydroxyl groups excluding tert-OH is 2. The SMILES string of the molecule is CC/C=C\C/C=C\C/C=C\C/C=C\C/C=C\C/C=C\C/C=C\C/C=C\C/C=C\CCCCCCCCCCCCCC(=O)NC(CO)C(O)/C=C/CC/C=C/CCCCCCCCCCCCCCCCCCCCCCCC. The van der Waals surface area contributed by atoms with Crippen molar-refractivity contribution < 1.29 is 15.0 Å². The Bertz CT molecular complexity index is 1570. The predicted octanol–water partition coefficient (Wildman–Crippen LogP) is 23.3. The molecule has 0 saturated heterocycles. The number of nitrogens with one attached hydrogen (secondary N) is 1. The van der Waals surface area contributed by atoms with Crippen molar-refractivity contribution in [2.45, 2.75) is 328 Å². The van der Waals surface area contributed by atoms with Crippen LogP contribution in [0.15, 0.2) is 134 Å². The summed E-state index contributed by atoms with van der Waals surface area (Å²) in [5, 5.41) is 23.2. The first-order valence-corrected chi connectivity index (χ1v) is 33.9. The molecule has 0 saturated carbocycles. The van der Waals surface area contributed by atoms with Gasteiger partial charge in [-0.3, -0.25) is 4.79 Å². The number of carbonyl (C=O) groups is 1. The molecule has 0 aliphatic heterocycles. The molecule has 0 aliphatic rings. The molecule has 79 heavy (non-hydrogen) atoms. The normalized spacial score (nSPS) is 13.6. The fourth-order valence-corrected chi connectivity index (χ4v) is 9.78. The zero-order valence-corrected chi connectivity index (χ0v) is 52.1. The van der Waals surface area contributed by atoms with Gasteiger partial charge in [0.15, 0.2) is 0 Å². The maximum absolute atomic E-state index is 12.5. The molecule has 0 radical (unpaired) electrons. The largest absolute Gasteiger partial charge is 0.394 e. The smallest absolute Gasteiger partial charge is 0.220 e. The van der Waals surface area contributed by atoms with E-state index >= 15 is 0 Å². The molecule has 0 aromatic heterocycles. The quantitative estimate of drug-likeness (QED) is 0.0420. The first kappa shape index (κ1) is 75.5. The summed E-state index contributed by atoms with van der Waals surface area (Å²) >= 11 is 0. The summed E-state index contributed by atoms with van der Waals surface area (Å²) in [6.45, 7) is 4.20. The second kappa shape index (κ2) is 68.8. The number of carbonyl (C=O) groups excluding carboxylic acids is 1. The molecule has 0 rings (SSSR count). The molecular weight excluding hydrogens is 963 g/mol. The number of unbranched alkanes of at least 4 members (excludes halogenated alkanes) is 34. The predicted molar refractivity (Wildman–Crippen MR) is 354 cm³/mol. The Balaban J connectivity index is 3.58. The Labute approximate surface area is 491 Å². The first-order valence-electron chi connectivity index (χ1n) is 33.9. The van der Waals surface area contributed by atoms with Gasteiger partial charge < -0.3 is 15.5 Å². The fourth-order valence-electron chi connectivity index (χ4n) is 9.78. The van der Waals surface area contributed by atoms with Crippen LogP contribution in [0, 0.1) is 0 Å². The molecule has 2 atom stereocenters. The van der Waals surface area contributed by atoms with Crippen LogP contribution in [-0.4, -0.2) is 34.9 Å². The zero-order chi connectivity index (χ0) is 56.9. The molecule has 0 spiro atoms. The Morgan fingerprint density at radius 2 is 0.570 bits per heavy atom. The third-order valence-electron chi connectivity index (χ3n) is 14.9. The van der Waals surface area contributed by atoms with E-state index in [1.54, 1.807) is 6.08 Å². The van der Waals surface area contributed by atoms with Crippen molar-refractivity contribution in [1.29, 1.82) is 0 Å². The van der Waals surface area contributed by atoms with E-state index in [1.165, 1.54) is 205 Å². The van der Waals surface area contributed by atoms with E-state index in [2.05, 4.69) is 141 Å². The van der Waals surface area contributed by atoms with Crippen LogP contribution >= 0.6 is 0 Å². The minimum atomic E-state index is -0.873. The van der Waals surface area contributed by atoms with E-state index < -0.39 is 12.1 Å². The van der Waals surface area contributed by atoms with Gasteiger partial charge in [-0.25, -0.2) is 0 Å². The van der Waals surface area contributed by atoms with E-state index in [0.717, 1.165) is 89.9 Å². The van der Waals surface area contributed by atoms with Gasteiger partial charge in [-0.15, -0.1) is 0 Å². The van der Waals surface area contributed by atoms with Crippen molar-refractivity contribution in [1.82, 2.24) is 5.32 Å². The molecular formula is C75H129NO3. The molecule has 4 heteroatoms. The maximum Gasteiger partial charge on any atom is 0.220 e. The maximum atomic E-state index is 12.5. The second-order valence-electron chi connectivity index (χ2n) is 22.5. The minimum absolute atomic E-state index is 0.0792. The molecule has 0 fully saturated rings. The molecule has 1 amide bonds. The molecule has 0 heterocycles. The van der Waals surface area contributed by atoms with E-state index in [4.69, 9.17) is 0 Å². The number of allylic oxidation sites excluding steroid dienone is 21. The topological polar surface area (TPSA) is 69.6 Å². The highest BCUT2D eigenvalue weighted by molar-refractivity contribution is 5.76. The molecule has 0 aromatic rings. The molecule has 0 aliphatic carbocycles. The van der Waals surface area contributed by atoms with Crippen molar-refractivity contribution >= 4 is 5.91 Å². The minimum Gasteiger partial charge on any atom is -0.394 e. The highest BCUT2D eigenvalue weighted by Crippen LogP contribution is 2.17. The average molecular weight is 1090 g/mol. The van der Waals surface area contributed by atoms with Crippen molar-refractivity contribution in [3.63, 3.8) is 0 Å². The number of hydrogen-bond donors (Lipinski definition) is 3. The molecule has 0 aromatic carbocycles. The van der Waals surface area contributed by atoms with Gasteiger partial charge in [-0.1, -0.05) is 340 Å². The monoisotopic (exact) mass is 1090 g/mol. The van der Waals surface area contributed by atoms with Crippen LogP contribution in [0.3, 0.4) is 0 Å². The van der Waals surface area contributed by atoms with Gasteiger partial charge in [-0.2, -0.15) is 0 Å². The van der Waals surface area contributed by atoms with Crippen LogP contribution in [-0.2, 0) is 4.79 Å². The third kappa shape index (κ3) is 65.2. The van der Waals surface area contributed by atoms with Gasteiger partial charge in [0.2, 0.25) is 5.91 Å². The molecule has 0 bridgehead atoms. The summed E-state index contributed by atoms with van der Waals surface area (Å²) in [6, 6.07) is -0.651. The van der Waals surface area contributed by atoms with Crippen LogP contribution in [0.4, 0.5) is 0 Å². The fraction of sp³-hybridized carbons (Fsp3) is 0.693. The summed E-state index contributed by atoms with van der Waals surface area (Å²) in [4.78, 5) is 12.5. The standard InChI is InChI=1S/C75H129NO3/c1-3-5-7-9-11-13-15-17-19-21-23-25-27-29-31-33-34-35-36-37-38-39-40-41-42-43-45-47-49-51-53-55-57-59-61-63-65-67-69-71-75(79)76-73(72-77)74(78)70-68-66-64-62-60-58-56-54-52-50-48-46-44-32-30-28-26-24-22-20-18-16-14-12-10-8-6-4-2/h5,7,11,13,17,19,23,25,29,31,34-35,37-38,40-41,43,45,60,62,68,70,73-74,77-78H,3-4,6,8-10,12,14-16,18,20-22,24,26-28,30,32-33,36,39,42,44,46-59,61,63-67,69,71-72H2,1-2H3,(H,76,79)/b7-5-,13-11-,19-17-,25-23-,31-29-,35-34-,38-37-,41-40-,45-43-,62-60+,70-68+. The van der Waals surface area contributed by atoms with Crippen molar-refractivity contribution in [2.24, 2.45) is 0 Å². The summed E-state index contributed by atoms with van der Waals surface area (Å²) in [5.41, 5.74) is 0. The van der Waals surface area contributed by atoms with Crippen LogP contribution in [0.5, 0.6) is 0 Å². The number of hydrogen-bond acceptors (Lipinski definition) is 3. The van der Waals surface area contributed by atoms with Gasteiger partial charge in [0.05, 0.1) is 18.8 Å². The Morgan fingerprint density at radius 1 is 0.316 bits per heavy atom. The lowest BCUT2D eigenvalue weighted by molar-refractivity contribution is -0.123. The van der Waals surface area contributed by atoms with Crippen molar-refractivity contribution in [3.8, 4) is 0 Å². The van der Waals surface area contributed by atoms with E-state index in [0.29, 0.717) is 6.42 Å². The lowest BCUT2D eigenvalue weighted by atomic mass is 10.0. The highest BCUT2D eigenvalue weighted by Gasteiger charge is 2.18. The first-order chi connectivity index (χ1) is 39.2. The summed E-state index contributed by atoms with van der Waals surface area (Å²) in [7, 11) is 0. The van der Waals surface area contributed by atoms with E-state index in [9.17, 15) is 15.0 Å². The van der Waals surface area contributed by atoms with E-state index in [1.807, 2.05) is 6.08 Å². The molecule has 3 N–H and O–H groups in total. The lowest BCUT2D eigenvalue weighted by Gasteiger charge is -2.19. The molecule has 452 valence electrons. The van der Waals surface area contributed by atoms with Gasteiger partial charge in [0.25, 0.3) is 0 Å². The van der Waals surface area contributed by atoms with Gasteiger partial charge >= 0.3 is 0 Å². The van der Waals surface area contributed by atoms with Crippen LogP contribution in [0.1, 0.15) is 316 Å². The van der Waals surface area contributed by atoms with Crippen LogP contribution in [0.2, 0.25) is 0 Å². The van der Waals surface area contributed by atoms with Crippen molar-refractivity contribution in [3.05, 3.63) is 134 Å². The second-order valence-corrected chi connectivity index (χ2v) is 22.5. The average Bonchev–Trinajstić information content (AvgIpc) is 3.45. The lowest BCUT2D eigenvalue weighted by Crippen LogP contribution is -2.45. The summed E-state index contributed by atoms with van der Waals surface area (Å²) < 4.78 is 0. The zero-order valence-electron chi connectivity index (χ0n) is 52.1. The Kier molecular flexibility index (Phi) is 65.8. The van der Waals surface area contributed by atoms with E-state index in [-0.39, 0.29) is 12.5 Å². The van der Waals surface area contributed by atoms with Gasteiger partial charge in [0, 0.05) is 6.42 Å². The number of aliphatic hydroxyl groups is 2. The number of rotatable bonds is 61.